The van der Waals surface area contributed by atoms with Crippen LogP contribution in [-0.2, 0) is 9.59 Å². The van der Waals surface area contributed by atoms with Crippen molar-refractivity contribution >= 4 is 17.6 Å². The van der Waals surface area contributed by atoms with Crippen molar-refractivity contribution < 1.29 is 19.5 Å². The van der Waals surface area contributed by atoms with Crippen LogP contribution < -0.4 is 0 Å². The van der Waals surface area contributed by atoms with Crippen molar-refractivity contribution in [1.29, 1.82) is 0 Å². The highest BCUT2D eigenvalue weighted by molar-refractivity contribution is 5.97. The lowest BCUT2D eigenvalue weighted by atomic mass is 10.0. The fourth-order valence-electron chi connectivity index (χ4n) is 3.88. The number of carbonyl (C=O) groups is 3. The van der Waals surface area contributed by atoms with E-state index in [0.29, 0.717) is 18.5 Å². The molecular weight excluding hydrogens is 320 g/mol. The maximum Gasteiger partial charge on any atom is 0.245 e. The number of rotatable bonds is 4. The Labute approximate surface area is 147 Å². The molecule has 2 amide bonds. The Balaban J connectivity index is 1.69. The third-order valence-corrected chi connectivity index (χ3v) is 5.15. The molecular formula is C19H24N2O4. The number of carbonyl (C=O) groups excluding carboxylic acids is 3. The minimum atomic E-state index is -0.662. The summed E-state index contributed by atoms with van der Waals surface area (Å²) in [7, 11) is 0. The highest BCUT2D eigenvalue weighted by atomic mass is 16.3. The van der Waals surface area contributed by atoms with Crippen LogP contribution >= 0.6 is 0 Å². The summed E-state index contributed by atoms with van der Waals surface area (Å²) in [6.45, 7) is 2.22. The van der Waals surface area contributed by atoms with Crippen molar-refractivity contribution in [1.82, 2.24) is 9.80 Å². The zero-order chi connectivity index (χ0) is 18.0. The number of likely N-dealkylation sites (tertiary alicyclic amines) is 2. The third kappa shape index (κ3) is 3.74. The van der Waals surface area contributed by atoms with Gasteiger partial charge in [0.05, 0.1) is 6.10 Å². The second-order valence-corrected chi connectivity index (χ2v) is 6.90. The van der Waals surface area contributed by atoms with E-state index in [4.69, 9.17) is 0 Å². The minimum absolute atomic E-state index is 0.0279. The number of aliphatic hydroxyl groups excluding tert-OH is 1. The molecule has 3 rings (SSSR count). The fraction of sp³-hybridized carbons (Fsp3) is 0.526. The second kappa shape index (κ2) is 7.35. The van der Waals surface area contributed by atoms with Crippen LogP contribution in [0.15, 0.2) is 30.3 Å². The first kappa shape index (κ1) is 17.6. The van der Waals surface area contributed by atoms with Crippen LogP contribution in [0.2, 0.25) is 0 Å². The second-order valence-electron chi connectivity index (χ2n) is 6.90. The molecule has 134 valence electrons. The van der Waals surface area contributed by atoms with Crippen LogP contribution in [0.25, 0.3) is 0 Å². The maximum atomic E-state index is 12.9. The van der Waals surface area contributed by atoms with E-state index >= 15 is 0 Å². The first-order valence-electron chi connectivity index (χ1n) is 8.81. The SMILES string of the molecule is CC(=O)N1C[C@@H](O)C[C@@H]1C(=O)N1CCCC1CC(=O)c1ccccc1. The summed E-state index contributed by atoms with van der Waals surface area (Å²) in [6.07, 6.45) is 1.55. The van der Waals surface area contributed by atoms with Gasteiger partial charge in [0.25, 0.3) is 0 Å². The topological polar surface area (TPSA) is 77.9 Å². The lowest BCUT2D eigenvalue weighted by Crippen LogP contribution is -2.49. The van der Waals surface area contributed by atoms with Gasteiger partial charge in [-0.3, -0.25) is 14.4 Å². The number of ketones is 1. The molecule has 3 atom stereocenters. The van der Waals surface area contributed by atoms with Gasteiger partial charge in [0.1, 0.15) is 6.04 Å². The van der Waals surface area contributed by atoms with Gasteiger partial charge in [0.15, 0.2) is 5.78 Å². The standard InChI is InChI=1S/C19H24N2O4/c1-13(22)21-12-16(23)11-17(21)19(25)20-9-5-8-15(20)10-18(24)14-6-3-2-4-7-14/h2-4,6-7,15-17,23H,5,8-12H2,1H3/t15?,16-,17+/m0/s1. The van der Waals surface area contributed by atoms with Gasteiger partial charge in [-0.1, -0.05) is 30.3 Å². The summed E-state index contributed by atoms with van der Waals surface area (Å²) in [6, 6.07) is 8.35. The summed E-state index contributed by atoms with van der Waals surface area (Å²) >= 11 is 0. The van der Waals surface area contributed by atoms with Crippen LogP contribution in [0.3, 0.4) is 0 Å². The molecule has 2 fully saturated rings. The van der Waals surface area contributed by atoms with E-state index in [1.165, 1.54) is 11.8 Å². The molecule has 2 aliphatic heterocycles. The lowest BCUT2D eigenvalue weighted by Gasteiger charge is -2.30. The number of nitrogens with zero attached hydrogens (tertiary/aromatic N) is 2. The van der Waals surface area contributed by atoms with E-state index in [1.807, 2.05) is 18.2 Å². The molecule has 1 aromatic carbocycles. The van der Waals surface area contributed by atoms with E-state index in [9.17, 15) is 19.5 Å². The number of amides is 2. The molecule has 2 aliphatic rings. The van der Waals surface area contributed by atoms with E-state index in [-0.39, 0.29) is 36.6 Å². The van der Waals surface area contributed by atoms with Crippen LogP contribution in [0, 0.1) is 0 Å². The van der Waals surface area contributed by atoms with Gasteiger partial charge in [-0.05, 0) is 12.8 Å². The number of hydrogen-bond acceptors (Lipinski definition) is 4. The van der Waals surface area contributed by atoms with Gasteiger partial charge in [0, 0.05) is 44.5 Å². The zero-order valence-electron chi connectivity index (χ0n) is 14.4. The first-order valence-corrected chi connectivity index (χ1v) is 8.81. The van der Waals surface area contributed by atoms with Gasteiger partial charge >= 0.3 is 0 Å². The average Bonchev–Trinajstić information content (AvgIpc) is 3.21. The summed E-state index contributed by atoms with van der Waals surface area (Å²) in [5, 5.41) is 9.85. The van der Waals surface area contributed by atoms with Gasteiger partial charge in [-0.2, -0.15) is 0 Å². The number of aliphatic hydroxyl groups is 1. The van der Waals surface area contributed by atoms with E-state index < -0.39 is 12.1 Å². The molecule has 2 heterocycles. The molecule has 2 saturated heterocycles. The van der Waals surface area contributed by atoms with Crippen molar-refractivity contribution in [3.8, 4) is 0 Å². The van der Waals surface area contributed by atoms with E-state index in [2.05, 4.69) is 0 Å². The van der Waals surface area contributed by atoms with E-state index in [1.54, 1.807) is 17.0 Å². The van der Waals surface area contributed by atoms with Crippen molar-refractivity contribution in [3.63, 3.8) is 0 Å². The molecule has 25 heavy (non-hydrogen) atoms. The normalized spacial score (nSPS) is 26.1. The predicted octanol–water partition coefficient (Wildman–Crippen LogP) is 1.23. The molecule has 6 heteroatoms. The Morgan fingerprint density at radius 3 is 2.56 bits per heavy atom. The number of hydrogen-bond donors (Lipinski definition) is 1. The molecule has 1 aromatic rings. The minimum Gasteiger partial charge on any atom is -0.391 e. The fourth-order valence-corrected chi connectivity index (χ4v) is 3.88. The molecule has 1 N–H and O–H groups in total. The van der Waals surface area contributed by atoms with Gasteiger partial charge in [0.2, 0.25) is 11.8 Å². The number of Topliss-reactive ketones (excluding diaryl/α,β-unsaturated/α-hetero) is 1. The Morgan fingerprint density at radius 1 is 1.16 bits per heavy atom. The highest BCUT2D eigenvalue weighted by Crippen LogP contribution is 2.27. The summed E-state index contributed by atoms with van der Waals surface area (Å²) in [5.74, 6) is -0.318. The molecule has 1 unspecified atom stereocenters. The van der Waals surface area contributed by atoms with Crippen LogP contribution in [0.4, 0.5) is 0 Å². The molecule has 0 saturated carbocycles. The van der Waals surface area contributed by atoms with Crippen molar-refractivity contribution in [2.45, 2.75) is 50.8 Å². The average molecular weight is 344 g/mol. The Hall–Kier alpha value is -2.21. The summed E-state index contributed by atoms with van der Waals surface area (Å²) in [5.41, 5.74) is 0.656. The van der Waals surface area contributed by atoms with Gasteiger partial charge in [-0.25, -0.2) is 0 Å². The molecule has 0 spiro atoms. The smallest absolute Gasteiger partial charge is 0.245 e. The number of benzene rings is 1. The maximum absolute atomic E-state index is 12.9. The largest absolute Gasteiger partial charge is 0.391 e. The molecule has 6 nitrogen and oxygen atoms in total. The first-order chi connectivity index (χ1) is 12.0. The Kier molecular flexibility index (Phi) is 5.18. The van der Waals surface area contributed by atoms with Gasteiger partial charge < -0.3 is 14.9 Å². The number of β-amino-alcohol motifs (C(OH)–C–C–N with tert-alkyl or cyclic N) is 1. The molecule has 0 aromatic heterocycles. The van der Waals surface area contributed by atoms with Crippen LogP contribution in [0.1, 0.15) is 43.0 Å². The third-order valence-electron chi connectivity index (χ3n) is 5.15. The summed E-state index contributed by atoms with van der Waals surface area (Å²) in [4.78, 5) is 40.4. The quantitative estimate of drug-likeness (QED) is 0.834. The predicted molar refractivity (Wildman–Crippen MR) is 91.9 cm³/mol. The summed E-state index contributed by atoms with van der Waals surface area (Å²) < 4.78 is 0. The van der Waals surface area contributed by atoms with Crippen LogP contribution in [-0.4, -0.2) is 63.8 Å². The highest BCUT2D eigenvalue weighted by Gasteiger charge is 2.42. The van der Waals surface area contributed by atoms with E-state index in [0.717, 1.165) is 12.8 Å². The van der Waals surface area contributed by atoms with Crippen molar-refractivity contribution in [3.05, 3.63) is 35.9 Å². The molecule has 0 bridgehead atoms. The monoisotopic (exact) mass is 344 g/mol. The van der Waals surface area contributed by atoms with Crippen molar-refractivity contribution in [2.75, 3.05) is 13.1 Å². The van der Waals surface area contributed by atoms with Gasteiger partial charge in [-0.15, -0.1) is 0 Å². The Morgan fingerprint density at radius 2 is 1.88 bits per heavy atom. The van der Waals surface area contributed by atoms with Crippen LogP contribution in [0.5, 0.6) is 0 Å². The van der Waals surface area contributed by atoms with Crippen molar-refractivity contribution in [2.24, 2.45) is 0 Å². The lowest BCUT2D eigenvalue weighted by molar-refractivity contribution is -0.143. The molecule has 0 radical (unpaired) electrons. The molecule has 0 aliphatic carbocycles. The zero-order valence-corrected chi connectivity index (χ0v) is 14.4. The Bertz CT molecular complexity index is 661.